The van der Waals surface area contributed by atoms with E-state index in [1.807, 2.05) is 0 Å². The van der Waals surface area contributed by atoms with Gasteiger partial charge in [0.2, 0.25) is 5.88 Å². The Balaban J connectivity index is 2.26. The van der Waals surface area contributed by atoms with Gasteiger partial charge in [-0.25, -0.2) is 15.4 Å². The van der Waals surface area contributed by atoms with Crippen LogP contribution in [0.25, 0.3) is 0 Å². The maximum Gasteiger partial charge on any atom is 0.216 e. The van der Waals surface area contributed by atoms with Crippen molar-refractivity contribution in [3.63, 3.8) is 0 Å². The van der Waals surface area contributed by atoms with Crippen LogP contribution in [0.5, 0.6) is 5.88 Å². The number of hydrazine groups is 1. The van der Waals surface area contributed by atoms with Crippen LogP contribution in [0.2, 0.25) is 0 Å². The lowest BCUT2D eigenvalue weighted by Crippen LogP contribution is -2.29. The third kappa shape index (κ3) is 3.31. The molecule has 0 saturated heterocycles. The SMILES string of the molecule is CCCc1ccc(C(NN)c2cc(OC)ncn2)cc1. The lowest BCUT2D eigenvalue weighted by atomic mass is 10.0. The Morgan fingerprint density at radius 2 is 2.00 bits per heavy atom. The van der Waals surface area contributed by atoms with E-state index in [0.717, 1.165) is 24.1 Å². The summed E-state index contributed by atoms with van der Waals surface area (Å²) in [5.74, 6) is 6.20. The first-order valence-corrected chi connectivity index (χ1v) is 6.69. The van der Waals surface area contributed by atoms with Crippen LogP contribution in [-0.2, 0) is 6.42 Å². The van der Waals surface area contributed by atoms with Crippen molar-refractivity contribution in [2.75, 3.05) is 7.11 Å². The van der Waals surface area contributed by atoms with Crippen LogP contribution >= 0.6 is 0 Å². The number of methoxy groups -OCH3 is 1. The lowest BCUT2D eigenvalue weighted by Gasteiger charge is -2.16. The summed E-state index contributed by atoms with van der Waals surface area (Å²) in [6.45, 7) is 2.17. The largest absolute Gasteiger partial charge is 0.481 e. The number of rotatable bonds is 6. The van der Waals surface area contributed by atoms with Crippen LogP contribution in [0.3, 0.4) is 0 Å². The molecule has 3 N–H and O–H groups in total. The van der Waals surface area contributed by atoms with E-state index < -0.39 is 0 Å². The minimum Gasteiger partial charge on any atom is -0.481 e. The van der Waals surface area contributed by atoms with Crippen molar-refractivity contribution in [3.05, 3.63) is 53.5 Å². The zero-order valence-electron chi connectivity index (χ0n) is 11.8. The molecule has 0 bridgehead atoms. The third-order valence-electron chi connectivity index (χ3n) is 3.19. The highest BCUT2D eigenvalue weighted by Crippen LogP contribution is 2.22. The molecule has 0 amide bonds. The number of aryl methyl sites for hydroxylation is 1. The van der Waals surface area contributed by atoms with E-state index in [-0.39, 0.29) is 6.04 Å². The van der Waals surface area contributed by atoms with Gasteiger partial charge in [-0.05, 0) is 17.5 Å². The summed E-state index contributed by atoms with van der Waals surface area (Å²) in [4.78, 5) is 8.26. The number of nitrogens with zero attached hydrogens (tertiary/aromatic N) is 2. The predicted octanol–water partition coefficient (Wildman–Crippen LogP) is 1.99. The molecule has 1 aromatic heterocycles. The Morgan fingerprint density at radius 1 is 1.25 bits per heavy atom. The second-order valence-electron chi connectivity index (χ2n) is 4.58. The van der Waals surface area contributed by atoms with Gasteiger partial charge in [0, 0.05) is 6.07 Å². The van der Waals surface area contributed by atoms with Crippen molar-refractivity contribution in [2.45, 2.75) is 25.8 Å². The van der Waals surface area contributed by atoms with E-state index in [4.69, 9.17) is 10.6 Å². The van der Waals surface area contributed by atoms with Crippen LogP contribution < -0.4 is 16.0 Å². The molecule has 2 aromatic rings. The van der Waals surface area contributed by atoms with E-state index in [1.165, 1.54) is 11.9 Å². The zero-order valence-corrected chi connectivity index (χ0v) is 11.8. The lowest BCUT2D eigenvalue weighted by molar-refractivity contribution is 0.395. The van der Waals surface area contributed by atoms with Gasteiger partial charge in [-0.3, -0.25) is 5.84 Å². The number of hydrogen-bond acceptors (Lipinski definition) is 5. The van der Waals surface area contributed by atoms with Crippen LogP contribution in [0.15, 0.2) is 36.7 Å². The highest BCUT2D eigenvalue weighted by Gasteiger charge is 2.14. The van der Waals surface area contributed by atoms with Gasteiger partial charge in [-0.1, -0.05) is 37.6 Å². The summed E-state index contributed by atoms with van der Waals surface area (Å²) in [6, 6.07) is 10.0. The van der Waals surface area contributed by atoms with Crippen LogP contribution in [0.4, 0.5) is 0 Å². The van der Waals surface area contributed by atoms with E-state index in [2.05, 4.69) is 46.6 Å². The summed E-state index contributed by atoms with van der Waals surface area (Å²) in [5.41, 5.74) is 5.96. The number of nitrogens with one attached hydrogen (secondary N) is 1. The minimum absolute atomic E-state index is 0.178. The smallest absolute Gasteiger partial charge is 0.216 e. The molecule has 2 rings (SSSR count). The quantitative estimate of drug-likeness (QED) is 0.621. The van der Waals surface area contributed by atoms with Crippen molar-refractivity contribution in [2.24, 2.45) is 5.84 Å². The van der Waals surface area contributed by atoms with E-state index in [0.29, 0.717) is 5.88 Å². The van der Waals surface area contributed by atoms with Crippen LogP contribution in [0, 0.1) is 0 Å². The fraction of sp³-hybridized carbons (Fsp3) is 0.333. The number of benzene rings is 1. The summed E-state index contributed by atoms with van der Waals surface area (Å²) < 4.78 is 5.12. The van der Waals surface area contributed by atoms with Crippen LogP contribution in [0.1, 0.15) is 36.2 Å². The van der Waals surface area contributed by atoms with Gasteiger partial charge in [0.15, 0.2) is 0 Å². The molecule has 5 nitrogen and oxygen atoms in total. The molecule has 1 aromatic carbocycles. The first kappa shape index (κ1) is 14.4. The van der Waals surface area contributed by atoms with E-state index in [1.54, 1.807) is 13.2 Å². The normalized spacial score (nSPS) is 12.2. The third-order valence-corrected chi connectivity index (χ3v) is 3.19. The number of aromatic nitrogens is 2. The molecule has 0 saturated carbocycles. The molecule has 1 atom stereocenters. The molecule has 0 aliphatic heterocycles. The fourth-order valence-corrected chi connectivity index (χ4v) is 2.14. The second-order valence-corrected chi connectivity index (χ2v) is 4.58. The van der Waals surface area contributed by atoms with Gasteiger partial charge < -0.3 is 4.74 Å². The molecule has 1 unspecified atom stereocenters. The highest BCUT2D eigenvalue weighted by atomic mass is 16.5. The molecule has 1 heterocycles. The zero-order chi connectivity index (χ0) is 14.4. The van der Waals surface area contributed by atoms with Crippen LogP contribution in [-0.4, -0.2) is 17.1 Å². The molecule has 0 spiro atoms. The average molecular weight is 272 g/mol. The molecular formula is C15H20N4O. The number of nitrogens with two attached hydrogens (primary N) is 1. The average Bonchev–Trinajstić information content (AvgIpc) is 2.50. The predicted molar refractivity (Wildman–Crippen MR) is 78.2 cm³/mol. The van der Waals surface area contributed by atoms with Gasteiger partial charge in [0.1, 0.15) is 6.33 Å². The Kier molecular flexibility index (Phi) is 5.03. The molecule has 0 fully saturated rings. The second kappa shape index (κ2) is 6.98. The Hall–Kier alpha value is -1.98. The molecule has 0 aliphatic carbocycles. The van der Waals surface area contributed by atoms with E-state index >= 15 is 0 Å². The van der Waals surface area contributed by atoms with E-state index in [9.17, 15) is 0 Å². The first-order chi connectivity index (χ1) is 9.78. The molecule has 0 aliphatic rings. The number of hydrogen-bond donors (Lipinski definition) is 2. The fourth-order valence-electron chi connectivity index (χ4n) is 2.14. The molecule has 5 heteroatoms. The summed E-state index contributed by atoms with van der Waals surface area (Å²) >= 11 is 0. The van der Waals surface area contributed by atoms with Gasteiger partial charge in [-0.2, -0.15) is 0 Å². The maximum absolute atomic E-state index is 5.67. The topological polar surface area (TPSA) is 73.1 Å². The Bertz CT molecular complexity index is 542. The monoisotopic (exact) mass is 272 g/mol. The van der Waals surface area contributed by atoms with Gasteiger partial charge in [0.05, 0.1) is 18.8 Å². The summed E-state index contributed by atoms with van der Waals surface area (Å²) in [6.07, 6.45) is 3.70. The van der Waals surface area contributed by atoms with Crippen molar-refractivity contribution in [3.8, 4) is 5.88 Å². The standard InChI is InChI=1S/C15H20N4O/c1-3-4-11-5-7-12(8-6-11)15(19-16)13-9-14(20-2)18-10-17-13/h5-10,15,19H,3-4,16H2,1-2H3. The maximum atomic E-state index is 5.67. The van der Waals surface area contributed by atoms with Crippen molar-refractivity contribution < 1.29 is 4.74 Å². The molecule has 0 radical (unpaired) electrons. The molecule has 106 valence electrons. The first-order valence-electron chi connectivity index (χ1n) is 6.69. The van der Waals surface area contributed by atoms with Crippen molar-refractivity contribution in [1.29, 1.82) is 0 Å². The minimum atomic E-state index is -0.178. The summed E-state index contributed by atoms with van der Waals surface area (Å²) in [7, 11) is 1.58. The summed E-state index contributed by atoms with van der Waals surface area (Å²) in [5, 5.41) is 0. The molecule has 20 heavy (non-hydrogen) atoms. The Labute approximate surface area is 119 Å². The van der Waals surface area contributed by atoms with Gasteiger partial charge >= 0.3 is 0 Å². The molecular weight excluding hydrogens is 252 g/mol. The van der Waals surface area contributed by atoms with Crippen molar-refractivity contribution in [1.82, 2.24) is 15.4 Å². The van der Waals surface area contributed by atoms with Gasteiger partial charge in [0.25, 0.3) is 0 Å². The van der Waals surface area contributed by atoms with Crippen molar-refractivity contribution >= 4 is 0 Å². The highest BCUT2D eigenvalue weighted by molar-refractivity contribution is 5.31. The van der Waals surface area contributed by atoms with Gasteiger partial charge in [-0.15, -0.1) is 0 Å². The Morgan fingerprint density at radius 3 is 2.60 bits per heavy atom. The number of ether oxygens (including phenoxy) is 1.